The highest BCUT2D eigenvalue weighted by atomic mass is 35.5. The molecule has 1 aliphatic heterocycles. The lowest BCUT2D eigenvalue weighted by atomic mass is 10.3. The molecule has 1 heterocycles. The summed E-state index contributed by atoms with van der Waals surface area (Å²) in [5.41, 5.74) is 0. The molecule has 0 bridgehead atoms. The van der Waals surface area contributed by atoms with Crippen LogP contribution in [-0.2, 0) is 0 Å². The maximum atomic E-state index is 10.9. The molecule has 0 saturated carbocycles. The molecule has 1 amide bonds. The third kappa shape index (κ3) is 2.80. The van der Waals surface area contributed by atoms with E-state index in [0.29, 0.717) is 18.1 Å². The summed E-state index contributed by atoms with van der Waals surface area (Å²) >= 11 is 11.2. The van der Waals surface area contributed by atoms with Crippen LogP contribution >= 0.6 is 23.2 Å². The first-order valence-corrected chi connectivity index (χ1v) is 5.77. The zero-order valence-electron chi connectivity index (χ0n) is 8.53. The van der Waals surface area contributed by atoms with E-state index in [2.05, 4.69) is 0 Å². The number of nitrogens with zero attached hydrogens (tertiary/aromatic N) is 1. The Labute approximate surface area is 104 Å². The third-order valence-corrected chi connectivity index (χ3v) is 3.00. The molecule has 1 aromatic carbocycles. The Morgan fingerprint density at radius 1 is 1.38 bits per heavy atom. The van der Waals surface area contributed by atoms with Gasteiger partial charge in [0, 0.05) is 18.0 Å². The maximum absolute atomic E-state index is 10.9. The Kier molecular flexibility index (Phi) is 3.56. The number of benzene rings is 1. The van der Waals surface area contributed by atoms with Crippen LogP contribution in [0.3, 0.4) is 0 Å². The number of halogens is 2. The summed E-state index contributed by atoms with van der Waals surface area (Å²) in [6.45, 7) is 1.20. The van der Waals surface area contributed by atoms with Gasteiger partial charge in [-0.05, 0) is 35.9 Å². The van der Waals surface area contributed by atoms with Gasteiger partial charge >= 0.3 is 5.37 Å². The van der Waals surface area contributed by atoms with Crippen molar-refractivity contribution in [2.24, 2.45) is 0 Å². The van der Waals surface area contributed by atoms with E-state index in [1.54, 1.807) is 17.0 Å². The van der Waals surface area contributed by atoms with E-state index in [1.807, 2.05) is 12.1 Å². The van der Waals surface area contributed by atoms with Crippen LogP contribution in [0.2, 0.25) is 5.02 Å². The Balaban J connectivity index is 1.92. The molecule has 0 N–H and O–H groups in total. The predicted molar refractivity (Wildman–Crippen MR) is 63.3 cm³/mol. The molecular weight excluding hydrogens is 249 g/mol. The van der Waals surface area contributed by atoms with E-state index in [4.69, 9.17) is 27.9 Å². The average molecular weight is 260 g/mol. The quantitative estimate of drug-likeness (QED) is 0.603. The van der Waals surface area contributed by atoms with Gasteiger partial charge in [0.05, 0.1) is 6.54 Å². The van der Waals surface area contributed by atoms with Crippen molar-refractivity contribution in [2.45, 2.75) is 12.5 Å². The Bertz CT molecular complexity index is 380. The van der Waals surface area contributed by atoms with Gasteiger partial charge in [0.15, 0.2) is 0 Å². The van der Waals surface area contributed by atoms with Gasteiger partial charge in [0.25, 0.3) is 0 Å². The molecular formula is C11H11Cl2NO2. The molecule has 1 aromatic rings. The molecule has 1 fully saturated rings. The van der Waals surface area contributed by atoms with Gasteiger partial charge in [-0.2, -0.15) is 0 Å². The summed E-state index contributed by atoms with van der Waals surface area (Å²) in [6, 6.07) is 7.17. The summed E-state index contributed by atoms with van der Waals surface area (Å²) in [7, 11) is 0. The lowest BCUT2D eigenvalue weighted by Crippen LogP contribution is -2.26. The van der Waals surface area contributed by atoms with Crippen molar-refractivity contribution in [1.29, 1.82) is 0 Å². The van der Waals surface area contributed by atoms with E-state index in [0.717, 1.165) is 12.2 Å². The standard InChI is InChI=1S/C11H11Cl2NO2/c12-8-1-3-9(4-2-8)16-10-5-6-14(7-10)11(13)15/h1-4,10H,5-7H2. The number of hydrogen-bond acceptors (Lipinski definition) is 2. The highest BCUT2D eigenvalue weighted by Gasteiger charge is 2.26. The molecule has 0 spiro atoms. The number of likely N-dealkylation sites (tertiary alicyclic amines) is 1. The van der Waals surface area contributed by atoms with Crippen LogP contribution in [0.25, 0.3) is 0 Å². The topological polar surface area (TPSA) is 29.5 Å². The van der Waals surface area contributed by atoms with Gasteiger partial charge < -0.3 is 9.64 Å². The lowest BCUT2D eigenvalue weighted by molar-refractivity contribution is 0.199. The minimum absolute atomic E-state index is 0.0175. The molecule has 1 unspecified atom stereocenters. The number of ether oxygens (including phenoxy) is 1. The fourth-order valence-electron chi connectivity index (χ4n) is 1.69. The number of carbonyl (C=O) groups excluding carboxylic acids is 1. The minimum Gasteiger partial charge on any atom is -0.489 e. The van der Waals surface area contributed by atoms with Crippen LogP contribution < -0.4 is 4.74 Å². The highest BCUT2D eigenvalue weighted by Crippen LogP contribution is 2.21. The van der Waals surface area contributed by atoms with Crippen molar-refractivity contribution in [1.82, 2.24) is 4.90 Å². The number of hydrogen-bond donors (Lipinski definition) is 0. The zero-order chi connectivity index (χ0) is 11.5. The maximum Gasteiger partial charge on any atom is 0.316 e. The second kappa shape index (κ2) is 4.93. The SMILES string of the molecule is O=C(Cl)N1CCC(Oc2ccc(Cl)cc2)C1. The summed E-state index contributed by atoms with van der Waals surface area (Å²) in [5.74, 6) is 0.762. The van der Waals surface area contributed by atoms with Gasteiger partial charge in [-0.15, -0.1) is 0 Å². The van der Waals surface area contributed by atoms with Crippen LogP contribution in [-0.4, -0.2) is 29.5 Å². The first kappa shape index (κ1) is 11.6. The van der Waals surface area contributed by atoms with E-state index in [1.165, 1.54) is 0 Å². The first-order valence-electron chi connectivity index (χ1n) is 5.02. The van der Waals surface area contributed by atoms with Gasteiger partial charge in [0.1, 0.15) is 11.9 Å². The molecule has 16 heavy (non-hydrogen) atoms. The summed E-state index contributed by atoms with van der Waals surface area (Å²) in [4.78, 5) is 12.5. The molecule has 86 valence electrons. The van der Waals surface area contributed by atoms with Crippen molar-refractivity contribution in [3.05, 3.63) is 29.3 Å². The fourth-order valence-corrected chi connectivity index (χ4v) is 1.97. The van der Waals surface area contributed by atoms with E-state index in [9.17, 15) is 4.79 Å². The van der Waals surface area contributed by atoms with Crippen LogP contribution in [0.5, 0.6) is 5.75 Å². The normalized spacial score (nSPS) is 19.9. The molecule has 0 aliphatic carbocycles. The zero-order valence-corrected chi connectivity index (χ0v) is 10.0. The molecule has 1 saturated heterocycles. The van der Waals surface area contributed by atoms with E-state index < -0.39 is 5.37 Å². The molecule has 0 aromatic heterocycles. The van der Waals surface area contributed by atoms with Gasteiger partial charge in [-0.1, -0.05) is 11.6 Å². The Morgan fingerprint density at radius 2 is 2.06 bits per heavy atom. The van der Waals surface area contributed by atoms with Crippen LogP contribution in [0, 0.1) is 0 Å². The van der Waals surface area contributed by atoms with Gasteiger partial charge in [-0.3, -0.25) is 4.79 Å². The minimum atomic E-state index is -0.415. The highest BCUT2D eigenvalue weighted by molar-refractivity contribution is 6.62. The van der Waals surface area contributed by atoms with Crippen molar-refractivity contribution in [3.63, 3.8) is 0 Å². The molecule has 1 aliphatic rings. The largest absolute Gasteiger partial charge is 0.489 e. The smallest absolute Gasteiger partial charge is 0.316 e. The molecule has 1 atom stereocenters. The summed E-state index contributed by atoms with van der Waals surface area (Å²) in [6.07, 6.45) is 0.824. The van der Waals surface area contributed by atoms with Gasteiger partial charge in [0.2, 0.25) is 0 Å². The van der Waals surface area contributed by atoms with Crippen LogP contribution in [0.15, 0.2) is 24.3 Å². The Hall–Kier alpha value is -0.930. The van der Waals surface area contributed by atoms with Crippen molar-refractivity contribution >= 4 is 28.6 Å². The second-order valence-electron chi connectivity index (χ2n) is 3.68. The number of rotatable bonds is 2. The molecule has 5 heteroatoms. The fraction of sp³-hybridized carbons (Fsp3) is 0.364. The van der Waals surface area contributed by atoms with E-state index >= 15 is 0 Å². The molecule has 3 nitrogen and oxygen atoms in total. The molecule has 0 radical (unpaired) electrons. The Morgan fingerprint density at radius 3 is 2.62 bits per heavy atom. The van der Waals surface area contributed by atoms with Crippen molar-refractivity contribution in [2.75, 3.05) is 13.1 Å². The number of amides is 1. The number of carbonyl (C=O) groups is 1. The molecule has 2 rings (SSSR count). The summed E-state index contributed by atoms with van der Waals surface area (Å²) in [5, 5.41) is 0.263. The third-order valence-electron chi connectivity index (χ3n) is 2.51. The van der Waals surface area contributed by atoms with E-state index in [-0.39, 0.29) is 6.10 Å². The van der Waals surface area contributed by atoms with Crippen molar-refractivity contribution < 1.29 is 9.53 Å². The van der Waals surface area contributed by atoms with Crippen LogP contribution in [0.4, 0.5) is 4.79 Å². The van der Waals surface area contributed by atoms with Crippen molar-refractivity contribution in [3.8, 4) is 5.75 Å². The summed E-state index contributed by atoms with van der Waals surface area (Å²) < 4.78 is 5.70. The monoisotopic (exact) mass is 259 g/mol. The second-order valence-corrected chi connectivity index (χ2v) is 4.44. The van der Waals surface area contributed by atoms with Gasteiger partial charge in [-0.25, -0.2) is 0 Å². The first-order chi connectivity index (χ1) is 7.65. The lowest BCUT2D eigenvalue weighted by Gasteiger charge is -2.14. The average Bonchev–Trinajstić information content (AvgIpc) is 2.70. The predicted octanol–water partition coefficient (Wildman–Crippen LogP) is 3.15. The van der Waals surface area contributed by atoms with Crippen LogP contribution in [0.1, 0.15) is 6.42 Å².